The van der Waals surface area contributed by atoms with Gasteiger partial charge in [0, 0.05) is 17.9 Å². The summed E-state index contributed by atoms with van der Waals surface area (Å²) in [7, 11) is 1.21. The molecule has 4 rings (SSSR count). The molecule has 12 heteroatoms. The van der Waals surface area contributed by atoms with Crippen molar-refractivity contribution in [3.63, 3.8) is 0 Å². The molecule has 0 bridgehead atoms. The molecule has 1 aromatic heterocycles. The van der Waals surface area contributed by atoms with E-state index in [4.69, 9.17) is 21.1 Å². The number of benzene rings is 2. The fourth-order valence-electron chi connectivity index (χ4n) is 4.32. The second kappa shape index (κ2) is 12.5. The van der Waals surface area contributed by atoms with Gasteiger partial charge in [0.15, 0.2) is 0 Å². The number of aromatic nitrogens is 1. The van der Waals surface area contributed by atoms with E-state index in [9.17, 15) is 32.7 Å². The first-order valence-corrected chi connectivity index (χ1v) is 13.3. The zero-order chi connectivity index (χ0) is 31.5. The van der Waals surface area contributed by atoms with Crippen molar-refractivity contribution in [1.82, 2.24) is 4.98 Å². The number of carbonyl (C=O) groups is 3. The number of halogens is 4. The number of alkyl halides is 3. The lowest BCUT2D eigenvalue weighted by atomic mass is 9.95. The van der Waals surface area contributed by atoms with Crippen molar-refractivity contribution in [3.8, 4) is 23.1 Å². The summed E-state index contributed by atoms with van der Waals surface area (Å²) in [5.74, 6) is 1.80. The predicted molar refractivity (Wildman–Crippen MR) is 151 cm³/mol. The van der Waals surface area contributed by atoms with Crippen LogP contribution in [-0.4, -0.2) is 47.8 Å². The normalized spacial score (nSPS) is 14.1. The number of hydrogen-bond acceptors (Lipinski definition) is 7. The molecule has 1 aliphatic carbocycles. The number of esters is 2. The van der Waals surface area contributed by atoms with Crippen LogP contribution in [0.4, 0.5) is 18.9 Å². The first-order chi connectivity index (χ1) is 20.2. The van der Waals surface area contributed by atoms with Crippen LogP contribution < -0.4 is 5.32 Å². The van der Waals surface area contributed by atoms with Crippen LogP contribution in [0.1, 0.15) is 58.6 Å². The minimum atomic E-state index is -5.19. The van der Waals surface area contributed by atoms with Crippen LogP contribution in [0.3, 0.4) is 0 Å². The number of pyridine rings is 1. The SMILES string of the molecule is COC(=O)c1cc(C(O)C#Cc2nc(-c3ccc(C4(COC(C)=O)CC4)cc3)c(Cl)cc2NC(=O)C(F)(F)F)ccc1C. The summed E-state index contributed by atoms with van der Waals surface area (Å²) in [5.41, 5.74) is 1.68. The highest BCUT2D eigenvalue weighted by molar-refractivity contribution is 6.33. The average Bonchev–Trinajstić information content (AvgIpc) is 3.76. The summed E-state index contributed by atoms with van der Waals surface area (Å²) in [5, 5.41) is 12.4. The summed E-state index contributed by atoms with van der Waals surface area (Å²) < 4.78 is 49.1. The van der Waals surface area contributed by atoms with Crippen LogP contribution in [-0.2, 0) is 24.5 Å². The Morgan fingerprint density at radius 1 is 1.14 bits per heavy atom. The summed E-state index contributed by atoms with van der Waals surface area (Å²) in [6.45, 7) is 3.27. The molecule has 43 heavy (non-hydrogen) atoms. The monoisotopic (exact) mass is 614 g/mol. The fourth-order valence-corrected chi connectivity index (χ4v) is 4.58. The van der Waals surface area contributed by atoms with E-state index in [2.05, 4.69) is 16.8 Å². The number of ether oxygens (including phenoxy) is 2. The Bertz CT molecular complexity index is 1640. The maximum atomic E-state index is 13.0. The van der Waals surface area contributed by atoms with Gasteiger partial charge < -0.3 is 19.9 Å². The standard InChI is InChI=1S/C31H26ClF3N2O6/c1-17-4-5-20(14-22(17)28(40)42-3)26(39)11-10-24-25(37-29(41)31(33,34)35)15-23(32)27(36-24)19-6-8-21(9-7-19)30(12-13-30)16-43-18(2)38/h4-9,14-15,26,39H,12-13,16H2,1-3H3,(H,37,41). The first-order valence-electron chi connectivity index (χ1n) is 13.0. The third kappa shape index (κ3) is 7.34. The number of hydrogen-bond donors (Lipinski definition) is 2. The number of carbonyl (C=O) groups excluding carboxylic acids is 3. The second-order valence-electron chi connectivity index (χ2n) is 10.0. The maximum Gasteiger partial charge on any atom is 0.471 e. The number of nitrogens with one attached hydrogen (secondary N) is 1. The lowest BCUT2D eigenvalue weighted by Gasteiger charge is -2.16. The molecule has 1 saturated carbocycles. The summed E-state index contributed by atoms with van der Waals surface area (Å²) in [6.07, 6.45) is -4.97. The highest BCUT2D eigenvalue weighted by atomic mass is 35.5. The van der Waals surface area contributed by atoms with Gasteiger partial charge in [-0.05, 0) is 54.5 Å². The number of methoxy groups -OCH3 is 1. The van der Waals surface area contributed by atoms with Crippen molar-refractivity contribution in [2.24, 2.45) is 0 Å². The van der Waals surface area contributed by atoms with E-state index in [1.807, 2.05) is 12.1 Å². The van der Waals surface area contributed by atoms with Gasteiger partial charge in [-0.1, -0.05) is 53.9 Å². The van der Waals surface area contributed by atoms with Crippen molar-refractivity contribution in [1.29, 1.82) is 0 Å². The molecule has 8 nitrogen and oxygen atoms in total. The lowest BCUT2D eigenvalue weighted by Crippen LogP contribution is -2.30. The Kier molecular flexibility index (Phi) is 9.13. The average molecular weight is 615 g/mol. The van der Waals surface area contributed by atoms with E-state index in [1.165, 1.54) is 26.2 Å². The van der Waals surface area contributed by atoms with Crippen molar-refractivity contribution >= 4 is 35.1 Å². The topological polar surface area (TPSA) is 115 Å². The molecule has 2 aromatic carbocycles. The number of nitrogens with zero attached hydrogens (tertiary/aromatic N) is 1. The third-order valence-electron chi connectivity index (χ3n) is 6.97. The number of amides is 1. The fraction of sp³-hybridized carbons (Fsp3) is 0.290. The molecule has 224 valence electrons. The van der Waals surface area contributed by atoms with Gasteiger partial charge in [-0.3, -0.25) is 9.59 Å². The number of aliphatic hydroxyl groups is 1. The number of rotatable bonds is 7. The summed E-state index contributed by atoms with van der Waals surface area (Å²) >= 11 is 6.40. The zero-order valence-electron chi connectivity index (χ0n) is 23.3. The van der Waals surface area contributed by atoms with Crippen LogP contribution in [0.25, 0.3) is 11.3 Å². The van der Waals surface area contributed by atoms with Crippen molar-refractivity contribution in [2.75, 3.05) is 19.0 Å². The Balaban J connectivity index is 1.71. The minimum Gasteiger partial charge on any atom is -0.465 e. The quantitative estimate of drug-likeness (QED) is 0.260. The van der Waals surface area contributed by atoms with Crippen molar-refractivity contribution in [3.05, 3.63) is 81.5 Å². The smallest absolute Gasteiger partial charge is 0.465 e. The maximum absolute atomic E-state index is 13.0. The van der Waals surface area contributed by atoms with E-state index in [0.29, 0.717) is 11.1 Å². The second-order valence-corrected chi connectivity index (χ2v) is 10.4. The Labute approximate surface area is 250 Å². The summed E-state index contributed by atoms with van der Waals surface area (Å²) in [6, 6.07) is 12.7. The van der Waals surface area contributed by atoms with E-state index >= 15 is 0 Å². The molecule has 0 radical (unpaired) electrons. The molecule has 1 unspecified atom stereocenters. The van der Waals surface area contributed by atoms with Crippen LogP contribution >= 0.6 is 11.6 Å². The molecule has 1 aliphatic rings. The molecule has 0 saturated heterocycles. The molecule has 1 atom stereocenters. The molecule has 3 aromatic rings. The molecule has 1 fully saturated rings. The van der Waals surface area contributed by atoms with Crippen LogP contribution in [0.2, 0.25) is 5.02 Å². The zero-order valence-corrected chi connectivity index (χ0v) is 24.0. The summed E-state index contributed by atoms with van der Waals surface area (Å²) in [4.78, 5) is 39.4. The van der Waals surface area contributed by atoms with Gasteiger partial charge in [-0.25, -0.2) is 9.78 Å². The minimum absolute atomic E-state index is 0.0568. The molecule has 1 amide bonds. The lowest BCUT2D eigenvalue weighted by molar-refractivity contribution is -0.167. The van der Waals surface area contributed by atoms with Crippen LogP contribution in [0.15, 0.2) is 48.5 Å². The van der Waals surface area contributed by atoms with Gasteiger partial charge in [-0.15, -0.1) is 0 Å². The number of aryl methyl sites for hydroxylation is 1. The van der Waals surface area contributed by atoms with Gasteiger partial charge >= 0.3 is 24.0 Å². The van der Waals surface area contributed by atoms with Gasteiger partial charge in [-0.2, -0.15) is 13.2 Å². The van der Waals surface area contributed by atoms with E-state index < -0.39 is 29.8 Å². The predicted octanol–water partition coefficient (Wildman–Crippen LogP) is 5.68. The van der Waals surface area contributed by atoms with Gasteiger partial charge in [0.05, 0.1) is 29.1 Å². The highest BCUT2D eigenvalue weighted by Gasteiger charge is 2.45. The third-order valence-corrected chi connectivity index (χ3v) is 7.26. The first kappa shape index (κ1) is 31.5. The van der Waals surface area contributed by atoms with E-state index in [1.54, 1.807) is 30.4 Å². The Morgan fingerprint density at radius 2 is 1.81 bits per heavy atom. The van der Waals surface area contributed by atoms with Crippen LogP contribution in [0.5, 0.6) is 0 Å². The molecule has 2 N–H and O–H groups in total. The Morgan fingerprint density at radius 3 is 2.40 bits per heavy atom. The van der Waals surface area contributed by atoms with Gasteiger partial charge in [0.2, 0.25) is 0 Å². The highest BCUT2D eigenvalue weighted by Crippen LogP contribution is 2.48. The van der Waals surface area contributed by atoms with Crippen molar-refractivity contribution in [2.45, 2.75) is 44.4 Å². The largest absolute Gasteiger partial charge is 0.471 e. The Hall–Kier alpha value is -4.40. The number of anilines is 1. The van der Waals surface area contributed by atoms with Gasteiger partial charge in [0.1, 0.15) is 18.4 Å². The van der Waals surface area contributed by atoms with E-state index in [0.717, 1.165) is 24.5 Å². The molecule has 0 aliphatic heterocycles. The molecule has 0 spiro atoms. The molecular formula is C31H26ClF3N2O6. The molecular weight excluding hydrogens is 589 g/mol. The van der Waals surface area contributed by atoms with E-state index in [-0.39, 0.29) is 45.5 Å². The van der Waals surface area contributed by atoms with Crippen molar-refractivity contribution < 1.29 is 42.1 Å². The van der Waals surface area contributed by atoms with Crippen LogP contribution in [0, 0.1) is 18.8 Å². The number of aliphatic hydroxyl groups excluding tert-OH is 1. The van der Waals surface area contributed by atoms with Gasteiger partial charge in [0.25, 0.3) is 0 Å². The molecule has 1 heterocycles.